The smallest absolute Gasteiger partial charge is 0.292 e. The molecule has 0 amide bonds. The summed E-state index contributed by atoms with van der Waals surface area (Å²) >= 11 is 0. The molecule has 2 atom stereocenters. The van der Waals surface area contributed by atoms with E-state index in [4.69, 9.17) is 13.3 Å². The van der Waals surface area contributed by atoms with Crippen molar-refractivity contribution in [3.63, 3.8) is 0 Å². The van der Waals surface area contributed by atoms with Crippen LogP contribution in [-0.4, -0.2) is 43.1 Å². The Kier molecular flexibility index (Phi) is 17.2. The predicted molar refractivity (Wildman–Crippen MR) is 156 cm³/mol. The van der Waals surface area contributed by atoms with Crippen LogP contribution in [0.3, 0.4) is 0 Å². The molecule has 0 bridgehead atoms. The standard InChI is InChI=1S/C27H58O4Si3/c1-11-12-17-20-25(29-32(2,3)4)23-24-26(30-33(5,6)7)21-18-15-13-14-16-19-22-27(28)31-34(8,9)10/h23-26H,11-22H2,1-10H3/b24-23+/t25-,26+/m0/s1. The summed E-state index contributed by atoms with van der Waals surface area (Å²) in [4.78, 5) is 11.8. The lowest BCUT2D eigenvalue weighted by atomic mass is 10.0. The highest BCUT2D eigenvalue weighted by Crippen LogP contribution is 2.19. The summed E-state index contributed by atoms with van der Waals surface area (Å²) in [6.45, 7) is 22.1. The maximum absolute atomic E-state index is 11.8. The van der Waals surface area contributed by atoms with Crippen LogP contribution in [0, 0.1) is 0 Å². The monoisotopic (exact) mass is 530 g/mol. The van der Waals surface area contributed by atoms with Crippen molar-refractivity contribution in [2.75, 3.05) is 0 Å². The number of carbonyl (C=O) groups excluding carboxylic acids is 1. The lowest BCUT2D eigenvalue weighted by molar-refractivity contribution is -0.135. The third-order valence-electron chi connectivity index (χ3n) is 5.18. The van der Waals surface area contributed by atoms with Crippen molar-refractivity contribution < 1.29 is 18.1 Å². The van der Waals surface area contributed by atoms with Crippen molar-refractivity contribution in [3.8, 4) is 0 Å². The first-order valence-corrected chi connectivity index (χ1v) is 24.1. The van der Waals surface area contributed by atoms with Crippen LogP contribution in [0.15, 0.2) is 12.2 Å². The molecule has 0 aliphatic rings. The average molecular weight is 531 g/mol. The second-order valence-electron chi connectivity index (χ2n) is 12.7. The van der Waals surface area contributed by atoms with Gasteiger partial charge in [0.05, 0.1) is 12.2 Å². The molecular weight excluding hydrogens is 473 g/mol. The Hall–Kier alpha value is -0.219. The van der Waals surface area contributed by atoms with E-state index in [0.29, 0.717) is 6.42 Å². The van der Waals surface area contributed by atoms with Crippen LogP contribution in [0.1, 0.15) is 84.0 Å². The highest BCUT2D eigenvalue weighted by molar-refractivity contribution is 6.71. The van der Waals surface area contributed by atoms with Gasteiger partial charge in [-0.05, 0) is 78.2 Å². The molecule has 0 saturated heterocycles. The van der Waals surface area contributed by atoms with Crippen molar-refractivity contribution in [2.24, 2.45) is 0 Å². The number of hydrogen-bond acceptors (Lipinski definition) is 4. The van der Waals surface area contributed by atoms with E-state index in [1.54, 1.807) is 0 Å². The molecule has 0 N–H and O–H groups in total. The van der Waals surface area contributed by atoms with Gasteiger partial charge in [-0.3, -0.25) is 4.79 Å². The summed E-state index contributed by atoms with van der Waals surface area (Å²) in [7, 11) is -4.92. The van der Waals surface area contributed by atoms with Crippen molar-refractivity contribution in [3.05, 3.63) is 12.2 Å². The molecule has 0 unspecified atom stereocenters. The summed E-state index contributed by atoms with van der Waals surface area (Å²) in [6, 6.07) is 0. The summed E-state index contributed by atoms with van der Waals surface area (Å²) < 4.78 is 18.5. The highest BCUT2D eigenvalue weighted by Gasteiger charge is 2.22. The Morgan fingerprint density at radius 2 is 1.03 bits per heavy atom. The Labute approximate surface area is 216 Å². The van der Waals surface area contributed by atoms with Gasteiger partial charge in [-0.2, -0.15) is 0 Å². The molecule has 0 rings (SSSR count). The summed E-state index contributed by atoms with van der Waals surface area (Å²) in [5, 5.41) is 0. The van der Waals surface area contributed by atoms with Gasteiger partial charge in [0, 0.05) is 6.42 Å². The van der Waals surface area contributed by atoms with Gasteiger partial charge in [0.25, 0.3) is 5.97 Å². The molecule has 0 aromatic carbocycles. The Morgan fingerprint density at radius 3 is 1.44 bits per heavy atom. The van der Waals surface area contributed by atoms with E-state index in [1.807, 2.05) is 0 Å². The summed E-state index contributed by atoms with van der Waals surface area (Å²) in [5.74, 6) is -0.0107. The Morgan fingerprint density at radius 1 is 0.618 bits per heavy atom. The van der Waals surface area contributed by atoms with Gasteiger partial charge in [0.2, 0.25) is 8.32 Å². The van der Waals surface area contributed by atoms with E-state index < -0.39 is 25.0 Å². The highest BCUT2D eigenvalue weighted by atomic mass is 28.4. The number of carbonyl (C=O) groups is 1. The number of unbranched alkanes of at least 4 members (excludes halogenated alkanes) is 7. The molecule has 0 aromatic rings. The van der Waals surface area contributed by atoms with Gasteiger partial charge >= 0.3 is 0 Å². The molecule has 0 spiro atoms. The number of hydrogen-bond donors (Lipinski definition) is 0. The summed E-state index contributed by atoms with van der Waals surface area (Å²) in [5.41, 5.74) is 0. The van der Waals surface area contributed by atoms with Crippen LogP contribution in [0.4, 0.5) is 0 Å². The molecule has 0 fully saturated rings. The van der Waals surface area contributed by atoms with Crippen LogP contribution < -0.4 is 0 Å². The largest absolute Gasteiger partial charge is 0.520 e. The minimum atomic E-state index is -1.74. The van der Waals surface area contributed by atoms with Gasteiger partial charge in [0.1, 0.15) is 0 Å². The Bertz CT molecular complexity index is 560. The lowest BCUT2D eigenvalue weighted by Crippen LogP contribution is -2.33. The topological polar surface area (TPSA) is 44.8 Å². The minimum Gasteiger partial charge on any atom is -0.520 e. The van der Waals surface area contributed by atoms with Crippen molar-refractivity contribution in [2.45, 2.75) is 155 Å². The molecule has 0 radical (unpaired) electrons. The quantitative estimate of drug-likeness (QED) is 0.0894. The number of rotatable bonds is 20. The van der Waals surface area contributed by atoms with Crippen molar-refractivity contribution >= 4 is 30.9 Å². The van der Waals surface area contributed by atoms with Crippen molar-refractivity contribution in [1.29, 1.82) is 0 Å². The van der Waals surface area contributed by atoms with E-state index in [0.717, 1.165) is 25.7 Å². The Balaban J connectivity index is 4.49. The second-order valence-corrected chi connectivity index (χ2v) is 26.0. The van der Waals surface area contributed by atoms with E-state index in [9.17, 15) is 4.79 Å². The predicted octanol–water partition coefficient (Wildman–Crippen LogP) is 9.06. The zero-order valence-corrected chi connectivity index (χ0v) is 27.4. The van der Waals surface area contributed by atoms with E-state index in [1.165, 1.54) is 44.9 Å². The molecule has 0 aliphatic carbocycles. The van der Waals surface area contributed by atoms with Crippen LogP contribution in [0.2, 0.25) is 58.9 Å². The minimum absolute atomic E-state index is 0.0107. The molecule has 0 heterocycles. The first-order chi connectivity index (χ1) is 15.6. The molecule has 0 saturated carbocycles. The fraction of sp³-hybridized carbons (Fsp3) is 0.889. The molecule has 34 heavy (non-hydrogen) atoms. The zero-order valence-electron chi connectivity index (χ0n) is 24.4. The maximum atomic E-state index is 11.8. The fourth-order valence-corrected chi connectivity index (χ4v) is 6.85. The van der Waals surface area contributed by atoms with Crippen LogP contribution >= 0.6 is 0 Å². The average Bonchev–Trinajstić information content (AvgIpc) is 2.64. The fourth-order valence-electron chi connectivity index (χ4n) is 3.85. The van der Waals surface area contributed by atoms with E-state index in [-0.39, 0.29) is 18.2 Å². The first-order valence-electron chi connectivity index (χ1n) is 13.9. The van der Waals surface area contributed by atoms with Gasteiger partial charge in [-0.1, -0.05) is 70.4 Å². The molecule has 0 aliphatic heterocycles. The summed E-state index contributed by atoms with van der Waals surface area (Å²) in [6.07, 6.45) is 18.4. The molecule has 4 nitrogen and oxygen atoms in total. The third-order valence-corrected chi connectivity index (χ3v) is 8.04. The third kappa shape index (κ3) is 23.5. The van der Waals surface area contributed by atoms with Crippen LogP contribution in [0.25, 0.3) is 0 Å². The van der Waals surface area contributed by atoms with Gasteiger partial charge in [-0.25, -0.2) is 0 Å². The molecule has 202 valence electrons. The van der Waals surface area contributed by atoms with E-state index in [2.05, 4.69) is 78.0 Å². The van der Waals surface area contributed by atoms with Gasteiger partial charge in [-0.15, -0.1) is 0 Å². The van der Waals surface area contributed by atoms with Gasteiger partial charge in [0.15, 0.2) is 16.6 Å². The van der Waals surface area contributed by atoms with Gasteiger partial charge < -0.3 is 13.3 Å². The first kappa shape index (κ1) is 33.8. The normalized spacial score (nSPS) is 15.0. The molecular formula is C27H58O4Si3. The van der Waals surface area contributed by atoms with Crippen LogP contribution in [-0.2, 0) is 18.1 Å². The van der Waals surface area contributed by atoms with Crippen molar-refractivity contribution in [1.82, 2.24) is 0 Å². The molecule has 0 aromatic heterocycles. The zero-order chi connectivity index (χ0) is 26.3. The second kappa shape index (κ2) is 17.3. The SMILES string of the molecule is CCCCC[C@@H](/C=C/[C@@H](CCCCCCCCC(=O)O[Si](C)(C)C)O[Si](C)(C)C)O[Si](C)(C)C. The van der Waals surface area contributed by atoms with Crippen LogP contribution in [0.5, 0.6) is 0 Å². The lowest BCUT2D eigenvalue weighted by Gasteiger charge is -2.27. The maximum Gasteiger partial charge on any atom is 0.292 e. The molecule has 7 heteroatoms. The van der Waals surface area contributed by atoms with E-state index >= 15 is 0 Å².